The maximum atomic E-state index is 15.1. The van der Waals surface area contributed by atoms with Crippen LogP contribution in [0.15, 0.2) is 17.1 Å². The predicted molar refractivity (Wildman–Crippen MR) is 95.2 cm³/mol. The topological polar surface area (TPSA) is 227 Å². The minimum Gasteiger partial charge on any atom is -0.384 e. The molecule has 1 aliphatic heterocycles. The molecule has 2 rings (SSSR count). The van der Waals surface area contributed by atoms with Crippen LogP contribution in [0.25, 0.3) is 0 Å². The molecule has 6 N–H and O–H groups in total. The fraction of sp³-hybridized carbons (Fsp3) is 0.600. The van der Waals surface area contributed by atoms with Gasteiger partial charge >= 0.3 is 23.5 Å². The van der Waals surface area contributed by atoms with Crippen molar-refractivity contribution >= 4 is 35.7 Å². The summed E-state index contributed by atoms with van der Waals surface area (Å²) in [6, 6.07) is 0.881. The van der Waals surface area contributed by atoms with Gasteiger partial charge in [0.1, 0.15) is 6.61 Å². The maximum Gasteiger partial charge on any atom is 0.490 e. The highest BCUT2D eigenvalue weighted by atomic mass is 32.1. The summed E-state index contributed by atoms with van der Waals surface area (Å²) in [5, 5.41) is 10.0. The van der Waals surface area contributed by atoms with Gasteiger partial charge in [-0.3, -0.25) is 18.9 Å². The van der Waals surface area contributed by atoms with E-state index in [9.17, 15) is 28.5 Å². The van der Waals surface area contributed by atoms with Crippen LogP contribution >= 0.6 is 35.7 Å². The smallest absolute Gasteiger partial charge is 0.384 e. The van der Waals surface area contributed by atoms with Gasteiger partial charge < -0.3 is 29.4 Å². The molecule has 15 nitrogen and oxygen atoms in total. The zero-order valence-electron chi connectivity index (χ0n) is 15.0. The first-order valence-corrected chi connectivity index (χ1v) is 12.5. The van der Waals surface area contributed by atoms with Gasteiger partial charge in [-0.25, -0.2) is 22.5 Å². The van der Waals surface area contributed by atoms with Gasteiger partial charge in [0.2, 0.25) is 0 Å². The number of phosphoric acid groups is 3. The molecule has 3 unspecified atom stereocenters. The quantitative estimate of drug-likeness (QED) is 0.198. The molecule has 0 spiro atoms. The van der Waals surface area contributed by atoms with Crippen LogP contribution in [-0.4, -0.2) is 58.5 Å². The Labute approximate surface area is 175 Å². The monoisotopic (exact) mass is 534 g/mol. The molecule has 178 valence electrons. The number of hydrogen-bond acceptors (Lipinski definition) is 10. The fourth-order valence-corrected chi connectivity index (χ4v) is 5.74. The second-order valence-electron chi connectivity index (χ2n) is 6.19. The Morgan fingerprint density at radius 1 is 1.23 bits per heavy atom. The Kier molecular flexibility index (Phi) is 7.34. The molecule has 0 aromatic carbocycles. The number of halogens is 2. The minimum atomic E-state index is -5.88. The van der Waals surface area contributed by atoms with Crippen molar-refractivity contribution in [1.29, 1.82) is 0 Å². The van der Waals surface area contributed by atoms with Gasteiger partial charge in [-0.15, -0.1) is 0 Å². The van der Waals surface area contributed by atoms with E-state index in [-0.39, 0.29) is 0 Å². The summed E-state index contributed by atoms with van der Waals surface area (Å²) in [7, 11) is -17.3. The summed E-state index contributed by atoms with van der Waals surface area (Å²) >= 11 is 4.80. The molecule has 0 aliphatic carbocycles. The average molecular weight is 534 g/mol. The summed E-state index contributed by atoms with van der Waals surface area (Å²) in [5.74, 6) is -3.57. The second-order valence-corrected chi connectivity index (χ2v) is 11.0. The van der Waals surface area contributed by atoms with E-state index in [0.29, 0.717) is 6.92 Å². The van der Waals surface area contributed by atoms with Crippen molar-refractivity contribution in [3.63, 3.8) is 0 Å². The van der Waals surface area contributed by atoms with Crippen molar-refractivity contribution < 1.29 is 65.0 Å². The standard InChI is InChI=1S/C10H15F2N2O13P3S/c1-9(11)6(16)10(12,25-7(9)14-3-2-5(15)13-8(14)31)4-24-29(20,21)27-30(22,23)26-28(17,18)19/h2-3,6-7,16H,4H2,1H3,(H,20,21)(H,22,23)(H,13,15,31)(H2,17,18,19)/t6-,7-,9?,10-/m1/s1. The van der Waals surface area contributed by atoms with Crippen LogP contribution in [0, 0.1) is 4.77 Å². The molecule has 21 heteroatoms. The molecule has 1 fully saturated rings. The number of aliphatic hydroxyl groups excluding tert-OH is 1. The van der Waals surface area contributed by atoms with Gasteiger partial charge in [0, 0.05) is 12.3 Å². The molecule has 1 aromatic rings. The lowest BCUT2D eigenvalue weighted by Crippen LogP contribution is -2.46. The third-order valence-corrected chi connectivity index (χ3v) is 7.77. The molecule has 0 bridgehead atoms. The van der Waals surface area contributed by atoms with Crippen molar-refractivity contribution in [1.82, 2.24) is 9.55 Å². The van der Waals surface area contributed by atoms with E-state index in [1.54, 1.807) is 0 Å². The number of rotatable bonds is 8. The van der Waals surface area contributed by atoms with Crippen LogP contribution in [0.5, 0.6) is 0 Å². The Morgan fingerprint density at radius 2 is 1.81 bits per heavy atom. The van der Waals surface area contributed by atoms with Gasteiger partial charge in [0.25, 0.3) is 11.4 Å². The summed E-state index contributed by atoms with van der Waals surface area (Å²) in [5.41, 5.74) is -3.63. The lowest BCUT2D eigenvalue weighted by molar-refractivity contribution is -0.204. The van der Waals surface area contributed by atoms with Gasteiger partial charge in [0.05, 0.1) is 0 Å². The van der Waals surface area contributed by atoms with E-state index in [0.717, 1.165) is 16.8 Å². The molecule has 2 heterocycles. The number of aliphatic hydroxyl groups is 1. The molecule has 1 aliphatic rings. The van der Waals surface area contributed by atoms with E-state index < -0.39 is 64.3 Å². The Morgan fingerprint density at radius 3 is 2.32 bits per heavy atom. The first-order chi connectivity index (χ1) is 13.8. The normalized spacial score (nSPS) is 33.0. The van der Waals surface area contributed by atoms with E-state index in [1.165, 1.54) is 0 Å². The second kappa shape index (κ2) is 8.57. The molecule has 1 saturated heterocycles. The number of ether oxygens (including phenoxy) is 1. The first-order valence-electron chi connectivity index (χ1n) is 7.62. The van der Waals surface area contributed by atoms with Crippen molar-refractivity contribution in [2.45, 2.75) is 30.8 Å². The lowest BCUT2D eigenvalue weighted by atomic mass is 9.97. The van der Waals surface area contributed by atoms with E-state index >= 15 is 8.78 Å². The van der Waals surface area contributed by atoms with Gasteiger partial charge in [-0.05, 0) is 19.1 Å². The lowest BCUT2D eigenvalue weighted by Gasteiger charge is -2.25. The number of nitrogens with one attached hydrogen (secondary N) is 1. The third-order valence-electron chi connectivity index (χ3n) is 3.68. The number of phosphoric ester groups is 1. The number of aromatic amines is 1. The molecule has 6 atom stereocenters. The van der Waals surface area contributed by atoms with E-state index in [1.807, 2.05) is 0 Å². The molecular formula is C10H15F2N2O13P3S. The van der Waals surface area contributed by atoms with Gasteiger partial charge in [0.15, 0.2) is 22.8 Å². The van der Waals surface area contributed by atoms with E-state index in [2.05, 4.69) is 18.1 Å². The highest BCUT2D eigenvalue weighted by Crippen LogP contribution is 2.66. The highest BCUT2D eigenvalue weighted by Gasteiger charge is 2.65. The third kappa shape index (κ3) is 6.42. The highest BCUT2D eigenvalue weighted by molar-refractivity contribution is 7.71. The molecule has 0 radical (unpaired) electrons. The molecular weight excluding hydrogens is 519 g/mol. The molecule has 1 aromatic heterocycles. The van der Waals surface area contributed by atoms with Crippen LogP contribution in [-0.2, 0) is 31.6 Å². The SMILES string of the molecule is CC1(F)[C@@H](O)[C@@](F)(COP(=O)(O)OP(=O)(O)OP(=O)(O)O)O[C@H]1n1ccc(=O)[nH]c1=S. The molecule has 0 saturated carbocycles. The number of nitrogens with zero attached hydrogens (tertiary/aromatic N) is 1. The predicted octanol–water partition coefficient (Wildman–Crippen LogP) is 0.533. The van der Waals surface area contributed by atoms with Gasteiger partial charge in [-0.2, -0.15) is 8.62 Å². The summed E-state index contributed by atoms with van der Waals surface area (Å²) in [6.45, 7) is -1.09. The largest absolute Gasteiger partial charge is 0.490 e. The van der Waals surface area contributed by atoms with Crippen molar-refractivity contribution in [3.8, 4) is 0 Å². The number of hydrogen-bond donors (Lipinski definition) is 6. The van der Waals surface area contributed by atoms with E-state index in [4.69, 9.17) is 31.6 Å². The van der Waals surface area contributed by atoms with Crippen LogP contribution in [0.2, 0.25) is 0 Å². The first kappa shape index (κ1) is 26.5. The maximum absolute atomic E-state index is 15.1. The molecule has 0 amide bonds. The summed E-state index contributed by atoms with van der Waals surface area (Å²) in [4.78, 5) is 48.6. The number of H-pyrrole nitrogens is 1. The van der Waals surface area contributed by atoms with Crippen LogP contribution in [0.4, 0.5) is 8.78 Å². The van der Waals surface area contributed by atoms with Crippen molar-refractivity contribution in [2.24, 2.45) is 0 Å². The van der Waals surface area contributed by atoms with Crippen LogP contribution in [0.3, 0.4) is 0 Å². The minimum absolute atomic E-state index is 0.425. The number of aromatic nitrogens is 2. The zero-order valence-corrected chi connectivity index (χ0v) is 18.5. The zero-order chi connectivity index (χ0) is 24.0. The average Bonchev–Trinajstić information content (AvgIpc) is 2.71. The summed E-state index contributed by atoms with van der Waals surface area (Å²) < 4.78 is 79.6. The van der Waals surface area contributed by atoms with Gasteiger partial charge in [-0.1, -0.05) is 0 Å². The fourth-order valence-electron chi connectivity index (χ4n) is 2.45. The van der Waals surface area contributed by atoms with Crippen LogP contribution < -0.4 is 5.56 Å². The van der Waals surface area contributed by atoms with Crippen molar-refractivity contribution in [2.75, 3.05) is 6.61 Å². The Balaban J connectivity index is 2.22. The molecule has 31 heavy (non-hydrogen) atoms. The number of alkyl halides is 2. The van der Waals surface area contributed by atoms with Crippen molar-refractivity contribution in [3.05, 3.63) is 27.4 Å². The Hall–Kier alpha value is -0.710. The van der Waals surface area contributed by atoms with Crippen LogP contribution in [0.1, 0.15) is 13.2 Å². The summed E-state index contributed by atoms with van der Waals surface area (Å²) in [6.07, 6.45) is -3.78. The Bertz CT molecular complexity index is 1100.